The first-order valence-electron chi connectivity index (χ1n) is 7.76. The van der Waals surface area contributed by atoms with Crippen molar-refractivity contribution in [1.29, 1.82) is 0 Å². The van der Waals surface area contributed by atoms with Crippen LogP contribution in [0.5, 0.6) is 0 Å². The Hall–Kier alpha value is -1.95. The number of nitrogens with one attached hydrogen (secondary N) is 1. The lowest BCUT2D eigenvalue weighted by Crippen LogP contribution is -2.27. The molecule has 124 valence electrons. The highest BCUT2D eigenvalue weighted by atomic mass is 32.2. The molecule has 1 aromatic heterocycles. The van der Waals surface area contributed by atoms with E-state index < -0.39 is 10.0 Å². The van der Waals surface area contributed by atoms with Gasteiger partial charge in [0.2, 0.25) is 10.0 Å². The first kappa shape index (κ1) is 16.9. The Bertz CT molecular complexity index is 873. The number of thiophene rings is 1. The molecule has 0 saturated carbocycles. The van der Waals surface area contributed by atoms with Crippen LogP contribution in [0.4, 0.5) is 0 Å². The van der Waals surface area contributed by atoms with Crippen molar-refractivity contribution in [3.05, 3.63) is 82.6 Å². The van der Waals surface area contributed by atoms with Crippen LogP contribution in [0.15, 0.2) is 71.4 Å². The zero-order valence-corrected chi connectivity index (χ0v) is 14.8. The van der Waals surface area contributed by atoms with Gasteiger partial charge in [0.15, 0.2) is 0 Å². The maximum Gasteiger partial charge on any atom is 0.212 e. The Morgan fingerprint density at radius 3 is 2.42 bits per heavy atom. The molecular formula is C19H19NO2S2. The lowest BCUT2D eigenvalue weighted by atomic mass is 10.0. The summed E-state index contributed by atoms with van der Waals surface area (Å²) in [7, 11) is -3.31. The number of aryl methyl sites for hydroxylation is 1. The second kappa shape index (κ2) is 7.75. The topological polar surface area (TPSA) is 46.2 Å². The molecule has 0 aliphatic heterocycles. The third kappa shape index (κ3) is 4.54. The van der Waals surface area contributed by atoms with E-state index in [0.717, 1.165) is 22.3 Å². The number of sulfonamides is 1. The Kier molecular flexibility index (Phi) is 5.45. The number of hydrogen-bond acceptors (Lipinski definition) is 3. The van der Waals surface area contributed by atoms with Crippen molar-refractivity contribution < 1.29 is 8.42 Å². The highest BCUT2D eigenvalue weighted by Crippen LogP contribution is 2.25. The fourth-order valence-corrected chi connectivity index (χ4v) is 4.21. The predicted molar refractivity (Wildman–Crippen MR) is 101 cm³/mol. The largest absolute Gasteiger partial charge is 0.212 e. The maximum atomic E-state index is 12.3. The van der Waals surface area contributed by atoms with E-state index >= 15 is 0 Å². The van der Waals surface area contributed by atoms with Crippen molar-refractivity contribution in [3.8, 4) is 11.1 Å². The van der Waals surface area contributed by atoms with Crippen LogP contribution in [0, 0.1) is 0 Å². The van der Waals surface area contributed by atoms with Crippen LogP contribution in [0.25, 0.3) is 11.1 Å². The first-order valence-corrected chi connectivity index (χ1v) is 10.4. The summed E-state index contributed by atoms with van der Waals surface area (Å²) in [5.41, 5.74) is 4.21. The van der Waals surface area contributed by atoms with E-state index in [0.29, 0.717) is 13.0 Å². The highest BCUT2D eigenvalue weighted by molar-refractivity contribution is 7.89. The molecule has 0 fully saturated rings. The van der Waals surface area contributed by atoms with Crippen LogP contribution in [-0.2, 0) is 23.0 Å². The molecule has 0 spiro atoms. The molecule has 0 aliphatic carbocycles. The molecule has 3 aromatic rings. The van der Waals surface area contributed by atoms with Crippen LogP contribution >= 0.6 is 11.3 Å². The molecule has 0 atom stereocenters. The Balaban J connectivity index is 1.65. The van der Waals surface area contributed by atoms with Gasteiger partial charge in [0.1, 0.15) is 0 Å². The summed E-state index contributed by atoms with van der Waals surface area (Å²) in [6.45, 7) is 0.309. The molecule has 0 radical (unpaired) electrons. The van der Waals surface area contributed by atoms with Gasteiger partial charge >= 0.3 is 0 Å². The highest BCUT2D eigenvalue weighted by Gasteiger charge is 2.12. The Labute approximate surface area is 147 Å². The van der Waals surface area contributed by atoms with Crippen molar-refractivity contribution in [1.82, 2.24) is 4.72 Å². The number of benzene rings is 2. The molecule has 1 heterocycles. The second-order valence-electron chi connectivity index (χ2n) is 5.54. The molecule has 0 unspecified atom stereocenters. The quantitative estimate of drug-likeness (QED) is 0.693. The van der Waals surface area contributed by atoms with Gasteiger partial charge in [0.25, 0.3) is 0 Å². The normalized spacial score (nSPS) is 11.5. The summed E-state index contributed by atoms with van der Waals surface area (Å²) in [6, 6.07) is 19.6. The summed E-state index contributed by atoms with van der Waals surface area (Å²) >= 11 is 1.63. The average molecular weight is 358 g/mol. The van der Waals surface area contributed by atoms with Crippen LogP contribution in [0.1, 0.15) is 11.1 Å². The van der Waals surface area contributed by atoms with Gasteiger partial charge in [-0.2, -0.15) is 11.3 Å². The van der Waals surface area contributed by atoms with Gasteiger partial charge in [-0.1, -0.05) is 54.6 Å². The Morgan fingerprint density at radius 2 is 1.67 bits per heavy atom. The van der Waals surface area contributed by atoms with Crippen LogP contribution in [0.2, 0.25) is 0 Å². The summed E-state index contributed by atoms with van der Waals surface area (Å²) in [5, 5.41) is 4.10. The second-order valence-corrected chi connectivity index (χ2v) is 8.25. The van der Waals surface area contributed by atoms with Crippen molar-refractivity contribution >= 4 is 21.4 Å². The predicted octanol–water partition coefficient (Wildman–Crippen LogP) is 4.08. The molecule has 3 rings (SSSR count). The number of rotatable bonds is 7. The molecule has 0 aliphatic rings. The maximum absolute atomic E-state index is 12.3. The molecule has 1 N–H and O–H groups in total. The zero-order chi connectivity index (χ0) is 16.8. The molecule has 24 heavy (non-hydrogen) atoms. The lowest BCUT2D eigenvalue weighted by Gasteiger charge is -2.10. The van der Waals surface area contributed by atoms with Gasteiger partial charge in [-0.3, -0.25) is 0 Å². The molecule has 3 nitrogen and oxygen atoms in total. The third-order valence-corrected chi connectivity index (χ3v) is 5.84. The first-order chi connectivity index (χ1) is 11.6. The smallest absolute Gasteiger partial charge is 0.212 e. The molecule has 0 amide bonds. The van der Waals surface area contributed by atoms with E-state index in [1.807, 2.05) is 66.0 Å². The summed E-state index contributed by atoms with van der Waals surface area (Å²) in [4.78, 5) is 0. The van der Waals surface area contributed by atoms with Crippen LogP contribution < -0.4 is 4.72 Å². The van der Waals surface area contributed by atoms with E-state index in [-0.39, 0.29) is 5.75 Å². The molecule has 5 heteroatoms. The number of hydrogen-bond donors (Lipinski definition) is 1. The molecule has 0 saturated heterocycles. The fraction of sp³-hybridized carbons (Fsp3) is 0.158. The van der Waals surface area contributed by atoms with E-state index in [4.69, 9.17) is 0 Å². The van der Waals surface area contributed by atoms with Crippen molar-refractivity contribution in [2.75, 3.05) is 5.75 Å². The SMILES string of the molecule is O=S(=O)(CCc1ccccc1)NCc1ccccc1-c1ccsc1. The van der Waals surface area contributed by atoms with Crippen molar-refractivity contribution in [3.63, 3.8) is 0 Å². The van der Waals surface area contributed by atoms with E-state index in [1.165, 1.54) is 0 Å². The molecule has 0 bridgehead atoms. The van der Waals surface area contributed by atoms with Crippen LogP contribution in [-0.4, -0.2) is 14.2 Å². The van der Waals surface area contributed by atoms with Gasteiger partial charge in [-0.25, -0.2) is 13.1 Å². The Morgan fingerprint density at radius 1 is 0.917 bits per heavy atom. The molecular weight excluding hydrogens is 338 g/mol. The van der Waals surface area contributed by atoms with Gasteiger partial charge < -0.3 is 0 Å². The van der Waals surface area contributed by atoms with E-state index in [9.17, 15) is 8.42 Å². The minimum Gasteiger partial charge on any atom is -0.212 e. The summed E-state index contributed by atoms with van der Waals surface area (Å²) in [6.07, 6.45) is 0.516. The summed E-state index contributed by atoms with van der Waals surface area (Å²) < 4.78 is 27.3. The lowest BCUT2D eigenvalue weighted by molar-refractivity contribution is 0.580. The third-order valence-electron chi connectivity index (χ3n) is 3.83. The minimum absolute atomic E-state index is 0.0949. The van der Waals surface area contributed by atoms with E-state index in [2.05, 4.69) is 10.1 Å². The van der Waals surface area contributed by atoms with Crippen LogP contribution in [0.3, 0.4) is 0 Å². The van der Waals surface area contributed by atoms with Gasteiger partial charge in [0.05, 0.1) is 5.75 Å². The molecule has 2 aromatic carbocycles. The average Bonchev–Trinajstić information content (AvgIpc) is 3.14. The zero-order valence-electron chi connectivity index (χ0n) is 13.2. The minimum atomic E-state index is -3.31. The van der Waals surface area contributed by atoms with Gasteiger partial charge in [-0.15, -0.1) is 0 Å². The monoisotopic (exact) mass is 357 g/mol. The van der Waals surface area contributed by atoms with Crippen molar-refractivity contribution in [2.24, 2.45) is 0 Å². The van der Waals surface area contributed by atoms with Gasteiger partial charge in [0, 0.05) is 6.54 Å². The standard InChI is InChI=1S/C19H19NO2S2/c21-24(22,13-11-16-6-2-1-3-7-16)20-14-17-8-4-5-9-19(17)18-10-12-23-15-18/h1-10,12,15,20H,11,13-14H2. The van der Waals surface area contributed by atoms with Gasteiger partial charge in [-0.05, 0) is 45.5 Å². The fourth-order valence-electron chi connectivity index (χ4n) is 2.53. The summed E-state index contributed by atoms with van der Waals surface area (Å²) in [5.74, 6) is 0.0949. The van der Waals surface area contributed by atoms with E-state index in [1.54, 1.807) is 11.3 Å². The van der Waals surface area contributed by atoms with Crippen molar-refractivity contribution in [2.45, 2.75) is 13.0 Å².